The molecule has 1 atom stereocenters. The molecule has 3 aromatic carbocycles. The van der Waals surface area contributed by atoms with Gasteiger partial charge in [-0.2, -0.15) is 5.26 Å². The zero-order chi connectivity index (χ0) is 19.9. The van der Waals surface area contributed by atoms with Crippen LogP contribution in [0.5, 0.6) is 0 Å². The molecule has 28 heavy (non-hydrogen) atoms. The summed E-state index contributed by atoms with van der Waals surface area (Å²) < 4.78 is 0. The fourth-order valence-corrected chi connectivity index (χ4v) is 2.94. The quantitative estimate of drug-likeness (QED) is 0.699. The Labute approximate surface area is 163 Å². The van der Waals surface area contributed by atoms with Crippen molar-refractivity contribution in [2.24, 2.45) is 5.73 Å². The largest absolute Gasteiger partial charge is 0.368 e. The highest BCUT2D eigenvalue weighted by molar-refractivity contribution is 5.97. The average molecular weight is 369 g/mol. The molecular formula is C23H19N3O2. The van der Waals surface area contributed by atoms with Crippen molar-refractivity contribution in [2.75, 3.05) is 0 Å². The number of carbonyl (C=O) groups is 2. The smallest absolute Gasteiger partial charge is 0.251 e. The normalized spacial score (nSPS) is 11.2. The van der Waals surface area contributed by atoms with E-state index in [2.05, 4.69) is 11.4 Å². The topological polar surface area (TPSA) is 96.0 Å². The summed E-state index contributed by atoms with van der Waals surface area (Å²) in [5.74, 6) is -1.04. The van der Waals surface area contributed by atoms with Gasteiger partial charge in [0.1, 0.15) is 6.04 Å². The van der Waals surface area contributed by atoms with Gasteiger partial charge in [0, 0.05) is 12.0 Å². The maximum Gasteiger partial charge on any atom is 0.251 e. The molecule has 3 N–H and O–H groups in total. The van der Waals surface area contributed by atoms with Crippen LogP contribution in [0, 0.1) is 11.3 Å². The molecule has 0 spiro atoms. The Morgan fingerprint density at radius 1 is 0.893 bits per heavy atom. The highest BCUT2D eigenvalue weighted by Gasteiger charge is 2.20. The van der Waals surface area contributed by atoms with E-state index in [0.29, 0.717) is 16.7 Å². The first-order chi connectivity index (χ1) is 13.6. The summed E-state index contributed by atoms with van der Waals surface area (Å²) in [7, 11) is 0. The highest BCUT2D eigenvalue weighted by atomic mass is 16.2. The number of nitrogens with two attached hydrogens (primary N) is 1. The van der Waals surface area contributed by atoms with Gasteiger partial charge in [-0.15, -0.1) is 0 Å². The predicted octanol–water partition coefficient (Wildman–Crippen LogP) is 3.05. The molecule has 0 unspecified atom stereocenters. The van der Waals surface area contributed by atoms with E-state index in [0.717, 1.165) is 11.1 Å². The number of nitrogens with one attached hydrogen (secondary N) is 1. The van der Waals surface area contributed by atoms with Gasteiger partial charge in [-0.25, -0.2) is 0 Å². The van der Waals surface area contributed by atoms with Gasteiger partial charge in [0.15, 0.2) is 0 Å². The first-order valence-corrected chi connectivity index (χ1v) is 8.82. The summed E-state index contributed by atoms with van der Waals surface area (Å²) >= 11 is 0. The number of nitriles is 1. The Bertz CT molecular complexity index is 1020. The number of carbonyl (C=O) groups excluding carboxylic acids is 2. The lowest BCUT2D eigenvalue weighted by molar-refractivity contribution is -0.119. The molecule has 3 aromatic rings. The number of benzene rings is 3. The van der Waals surface area contributed by atoms with Gasteiger partial charge in [0.25, 0.3) is 5.91 Å². The summed E-state index contributed by atoms with van der Waals surface area (Å²) in [6.07, 6.45) is 0.160. The second-order valence-electron chi connectivity index (χ2n) is 6.34. The Kier molecular flexibility index (Phi) is 5.83. The van der Waals surface area contributed by atoms with Gasteiger partial charge in [0.05, 0.1) is 11.6 Å². The van der Waals surface area contributed by atoms with Crippen molar-refractivity contribution in [2.45, 2.75) is 12.5 Å². The summed E-state index contributed by atoms with van der Waals surface area (Å²) in [5, 5.41) is 11.9. The summed E-state index contributed by atoms with van der Waals surface area (Å²) in [4.78, 5) is 24.4. The Balaban J connectivity index is 1.74. The molecular weight excluding hydrogens is 350 g/mol. The van der Waals surface area contributed by atoms with E-state index in [9.17, 15) is 14.9 Å². The molecule has 3 rings (SSSR count). The van der Waals surface area contributed by atoms with Crippen molar-refractivity contribution in [1.82, 2.24) is 5.32 Å². The number of primary amides is 1. The van der Waals surface area contributed by atoms with E-state index in [4.69, 9.17) is 5.73 Å². The molecule has 0 fully saturated rings. The van der Waals surface area contributed by atoms with Crippen LogP contribution in [0.2, 0.25) is 0 Å². The van der Waals surface area contributed by atoms with E-state index >= 15 is 0 Å². The maximum atomic E-state index is 12.6. The monoisotopic (exact) mass is 369 g/mol. The van der Waals surface area contributed by atoms with Crippen LogP contribution in [0.25, 0.3) is 11.1 Å². The SMILES string of the molecule is N#Cc1ccccc1C[C@@H](NC(=O)c1ccc(-c2ccccc2)cc1)C(N)=O. The third-order valence-electron chi connectivity index (χ3n) is 4.46. The molecule has 0 bridgehead atoms. The zero-order valence-electron chi connectivity index (χ0n) is 15.1. The van der Waals surface area contributed by atoms with Crippen molar-refractivity contribution in [3.8, 4) is 17.2 Å². The minimum atomic E-state index is -0.907. The third kappa shape index (κ3) is 4.43. The summed E-state index contributed by atoms with van der Waals surface area (Å²) in [5.41, 5.74) is 9.06. The van der Waals surface area contributed by atoms with Crippen LogP contribution in [0.15, 0.2) is 78.9 Å². The fraction of sp³-hybridized carbons (Fsp3) is 0.0870. The van der Waals surface area contributed by atoms with Gasteiger partial charge in [0.2, 0.25) is 5.91 Å². The van der Waals surface area contributed by atoms with Gasteiger partial charge in [-0.1, -0.05) is 60.7 Å². The molecule has 0 aliphatic carbocycles. The average Bonchev–Trinajstić information content (AvgIpc) is 2.74. The fourth-order valence-electron chi connectivity index (χ4n) is 2.94. The van der Waals surface area contributed by atoms with Crippen molar-refractivity contribution in [1.29, 1.82) is 5.26 Å². The van der Waals surface area contributed by atoms with Crippen LogP contribution in [0.4, 0.5) is 0 Å². The Morgan fingerprint density at radius 3 is 2.14 bits per heavy atom. The molecule has 5 heteroatoms. The summed E-state index contributed by atoms with van der Waals surface area (Å²) in [6, 6.07) is 25.1. The first kappa shape index (κ1) is 18.9. The van der Waals surface area contributed by atoms with Crippen LogP contribution in [-0.2, 0) is 11.2 Å². The van der Waals surface area contributed by atoms with Crippen LogP contribution < -0.4 is 11.1 Å². The summed E-state index contributed by atoms with van der Waals surface area (Å²) in [6.45, 7) is 0. The highest BCUT2D eigenvalue weighted by Crippen LogP contribution is 2.19. The molecule has 0 heterocycles. The number of hydrogen-bond donors (Lipinski definition) is 2. The van der Waals surface area contributed by atoms with Crippen LogP contribution in [0.3, 0.4) is 0 Å². The Hall–Kier alpha value is -3.91. The van der Waals surface area contributed by atoms with Crippen molar-refractivity contribution >= 4 is 11.8 Å². The van der Waals surface area contributed by atoms with Crippen LogP contribution in [-0.4, -0.2) is 17.9 Å². The van der Waals surface area contributed by atoms with Gasteiger partial charge < -0.3 is 11.1 Å². The van der Waals surface area contributed by atoms with Gasteiger partial charge in [-0.05, 0) is 34.9 Å². The molecule has 0 saturated carbocycles. The molecule has 2 amide bonds. The lowest BCUT2D eigenvalue weighted by atomic mass is 10.00. The predicted molar refractivity (Wildman–Crippen MR) is 107 cm³/mol. The molecule has 138 valence electrons. The van der Waals surface area contributed by atoms with E-state index < -0.39 is 17.9 Å². The molecule has 0 aromatic heterocycles. The molecule has 0 aliphatic heterocycles. The number of amides is 2. The van der Waals surface area contributed by atoms with E-state index in [1.807, 2.05) is 42.5 Å². The number of nitrogens with zero attached hydrogens (tertiary/aromatic N) is 1. The van der Waals surface area contributed by atoms with Gasteiger partial charge >= 0.3 is 0 Å². The standard InChI is InChI=1S/C23H19N3O2/c24-15-20-9-5-4-8-19(20)14-21(22(25)27)26-23(28)18-12-10-17(11-13-18)16-6-2-1-3-7-16/h1-13,21H,14H2,(H2,25,27)(H,26,28)/t21-/m1/s1. The van der Waals surface area contributed by atoms with Crippen molar-refractivity contribution in [3.05, 3.63) is 95.6 Å². The Morgan fingerprint density at radius 2 is 1.50 bits per heavy atom. The van der Waals surface area contributed by atoms with Crippen LogP contribution in [0.1, 0.15) is 21.5 Å². The van der Waals surface area contributed by atoms with Gasteiger partial charge in [-0.3, -0.25) is 9.59 Å². The molecule has 0 saturated heterocycles. The third-order valence-corrected chi connectivity index (χ3v) is 4.46. The second-order valence-corrected chi connectivity index (χ2v) is 6.34. The van der Waals surface area contributed by atoms with Crippen LogP contribution >= 0.6 is 0 Å². The number of hydrogen-bond acceptors (Lipinski definition) is 3. The molecule has 0 aliphatic rings. The first-order valence-electron chi connectivity index (χ1n) is 8.82. The van der Waals surface area contributed by atoms with Crippen molar-refractivity contribution in [3.63, 3.8) is 0 Å². The second kappa shape index (κ2) is 8.65. The molecule has 0 radical (unpaired) electrons. The number of rotatable bonds is 6. The lowest BCUT2D eigenvalue weighted by Crippen LogP contribution is -2.46. The van der Waals surface area contributed by atoms with E-state index in [-0.39, 0.29) is 6.42 Å². The maximum absolute atomic E-state index is 12.6. The lowest BCUT2D eigenvalue weighted by Gasteiger charge is -2.16. The van der Waals surface area contributed by atoms with Crippen molar-refractivity contribution < 1.29 is 9.59 Å². The van der Waals surface area contributed by atoms with E-state index in [1.54, 1.807) is 36.4 Å². The molecule has 5 nitrogen and oxygen atoms in total. The minimum Gasteiger partial charge on any atom is -0.368 e. The van der Waals surface area contributed by atoms with E-state index in [1.165, 1.54) is 0 Å². The zero-order valence-corrected chi connectivity index (χ0v) is 15.1. The minimum absolute atomic E-state index is 0.160.